The van der Waals surface area contributed by atoms with Crippen molar-refractivity contribution in [2.45, 2.75) is 25.1 Å². The van der Waals surface area contributed by atoms with Gasteiger partial charge in [0.05, 0.1) is 6.54 Å². The maximum Gasteiger partial charge on any atom is 0.401 e. The van der Waals surface area contributed by atoms with Gasteiger partial charge in [-0.15, -0.1) is 0 Å². The summed E-state index contributed by atoms with van der Waals surface area (Å²) in [7, 11) is 0. The van der Waals surface area contributed by atoms with Crippen LogP contribution in [-0.4, -0.2) is 34.4 Å². The topological polar surface area (TPSA) is 43.7 Å². The van der Waals surface area contributed by atoms with E-state index in [1.807, 2.05) is 12.1 Å². The molecule has 0 unspecified atom stereocenters. The summed E-state index contributed by atoms with van der Waals surface area (Å²) in [5.41, 5.74) is 3.88. The number of alkyl halides is 3. The Hall–Kier alpha value is -2.21. The number of fused-ring (bicyclic) bond motifs is 2. The summed E-state index contributed by atoms with van der Waals surface area (Å²) in [5, 5.41) is 20.1. The van der Waals surface area contributed by atoms with Gasteiger partial charge in [0, 0.05) is 18.2 Å². The number of hydrogen-bond donors (Lipinski definition) is 2. The predicted molar refractivity (Wildman–Crippen MR) is 83.0 cm³/mol. The van der Waals surface area contributed by atoms with Crippen molar-refractivity contribution in [1.82, 2.24) is 4.90 Å². The first kappa shape index (κ1) is 15.3. The third kappa shape index (κ3) is 2.33. The summed E-state index contributed by atoms with van der Waals surface area (Å²) in [6.07, 6.45) is -3.31. The van der Waals surface area contributed by atoms with Crippen molar-refractivity contribution in [3.05, 3.63) is 47.0 Å². The second kappa shape index (κ2) is 5.14. The van der Waals surface area contributed by atoms with Crippen LogP contribution in [0.2, 0.25) is 0 Å². The van der Waals surface area contributed by atoms with Gasteiger partial charge in [-0.2, -0.15) is 13.2 Å². The van der Waals surface area contributed by atoms with Crippen molar-refractivity contribution in [1.29, 1.82) is 0 Å². The van der Waals surface area contributed by atoms with E-state index in [1.54, 1.807) is 12.1 Å². The van der Waals surface area contributed by atoms with Crippen LogP contribution in [0, 0.1) is 0 Å². The van der Waals surface area contributed by atoms with Crippen molar-refractivity contribution >= 4 is 0 Å². The van der Waals surface area contributed by atoms with Crippen LogP contribution < -0.4 is 0 Å². The van der Waals surface area contributed by atoms with E-state index in [-0.39, 0.29) is 17.5 Å². The fourth-order valence-corrected chi connectivity index (χ4v) is 4.00. The zero-order chi connectivity index (χ0) is 17.1. The van der Waals surface area contributed by atoms with Crippen molar-refractivity contribution in [2.75, 3.05) is 13.1 Å². The van der Waals surface area contributed by atoms with Gasteiger partial charge in [0.25, 0.3) is 0 Å². The molecule has 1 aliphatic heterocycles. The van der Waals surface area contributed by atoms with Crippen LogP contribution >= 0.6 is 0 Å². The molecule has 0 spiro atoms. The van der Waals surface area contributed by atoms with E-state index < -0.39 is 12.7 Å². The average molecular weight is 335 g/mol. The van der Waals surface area contributed by atoms with Gasteiger partial charge < -0.3 is 10.2 Å². The second-order valence-electron chi connectivity index (χ2n) is 6.40. The highest BCUT2D eigenvalue weighted by molar-refractivity contribution is 5.82. The van der Waals surface area contributed by atoms with E-state index in [0.717, 1.165) is 22.3 Å². The fourth-order valence-electron chi connectivity index (χ4n) is 4.00. The number of rotatable bonds is 1. The molecule has 24 heavy (non-hydrogen) atoms. The van der Waals surface area contributed by atoms with Crippen LogP contribution in [0.3, 0.4) is 0 Å². The van der Waals surface area contributed by atoms with Gasteiger partial charge in [-0.1, -0.05) is 24.3 Å². The van der Waals surface area contributed by atoms with Crippen molar-refractivity contribution in [3.63, 3.8) is 0 Å². The van der Waals surface area contributed by atoms with E-state index in [0.29, 0.717) is 24.9 Å². The summed E-state index contributed by atoms with van der Waals surface area (Å²) in [4.78, 5) is 1.47. The largest absolute Gasteiger partial charge is 0.504 e. The second-order valence-corrected chi connectivity index (χ2v) is 6.40. The molecule has 0 amide bonds. The van der Waals surface area contributed by atoms with Crippen LogP contribution in [0.1, 0.15) is 22.7 Å². The maximum atomic E-state index is 12.9. The summed E-state index contributed by atoms with van der Waals surface area (Å²) in [5.74, 6) is -0.417. The molecule has 1 atom stereocenters. The minimum atomic E-state index is -4.25. The molecule has 0 saturated heterocycles. The summed E-state index contributed by atoms with van der Waals surface area (Å²) in [6, 6.07) is 8.30. The molecule has 0 saturated carbocycles. The number of phenolic OH excluding ortho intramolecular Hbond substituents is 2. The molecular weight excluding hydrogens is 319 g/mol. The SMILES string of the molecule is Oc1ccc2c(c1O)-c1cccc3c1[C@@H](C2)N(CC(F)(F)F)CC3. The van der Waals surface area contributed by atoms with Gasteiger partial charge in [-0.3, -0.25) is 4.90 Å². The third-order valence-electron chi connectivity index (χ3n) is 4.95. The average Bonchev–Trinajstić information content (AvgIpc) is 2.52. The molecule has 126 valence electrons. The van der Waals surface area contributed by atoms with E-state index in [1.165, 1.54) is 11.0 Å². The van der Waals surface area contributed by atoms with Gasteiger partial charge in [0.15, 0.2) is 11.5 Å². The number of aromatic hydroxyl groups is 2. The lowest BCUT2D eigenvalue weighted by molar-refractivity contribution is -0.152. The highest BCUT2D eigenvalue weighted by Crippen LogP contribution is 2.50. The zero-order valence-corrected chi connectivity index (χ0v) is 12.8. The molecule has 0 fully saturated rings. The first-order valence-corrected chi connectivity index (χ1v) is 7.82. The summed E-state index contributed by atoms with van der Waals surface area (Å²) >= 11 is 0. The molecule has 1 aliphatic carbocycles. The lowest BCUT2D eigenvalue weighted by Gasteiger charge is -2.42. The molecular formula is C18H16F3NO2. The van der Waals surface area contributed by atoms with E-state index in [9.17, 15) is 23.4 Å². The number of nitrogens with zero attached hydrogens (tertiary/aromatic N) is 1. The molecule has 0 radical (unpaired) electrons. The Labute approximate surface area is 137 Å². The Morgan fingerprint density at radius 1 is 1.08 bits per heavy atom. The molecule has 2 aromatic carbocycles. The van der Waals surface area contributed by atoms with Crippen LogP contribution in [0.5, 0.6) is 11.5 Å². The lowest BCUT2D eigenvalue weighted by Crippen LogP contribution is -2.43. The number of phenols is 2. The summed E-state index contributed by atoms with van der Waals surface area (Å²) in [6.45, 7) is -0.579. The van der Waals surface area contributed by atoms with Gasteiger partial charge in [0.1, 0.15) is 0 Å². The minimum Gasteiger partial charge on any atom is -0.504 e. The smallest absolute Gasteiger partial charge is 0.401 e. The maximum absolute atomic E-state index is 12.9. The van der Waals surface area contributed by atoms with Gasteiger partial charge in [-0.05, 0) is 41.2 Å². The number of halogens is 3. The third-order valence-corrected chi connectivity index (χ3v) is 4.95. The van der Waals surface area contributed by atoms with Crippen LogP contribution in [-0.2, 0) is 12.8 Å². The Kier molecular flexibility index (Phi) is 3.28. The molecule has 2 aromatic rings. The highest BCUT2D eigenvalue weighted by Gasteiger charge is 2.40. The predicted octanol–water partition coefficient (Wildman–Crippen LogP) is 3.78. The van der Waals surface area contributed by atoms with Crippen molar-refractivity contribution < 1.29 is 23.4 Å². The molecule has 2 aliphatic rings. The van der Waals surface area contributed by atoms with Crippen LogP contribution in [0.4, 0.5) is 13.2 Å². The molecule has 0 aromatic heterocycles. The lowest BCUT2D eigenvalue weighted by atomic mass is 9.76. The van der Waals surface area contributed by atoms with E-state index in [4.69, 9.17) is 0 Å². The molecule has 4 rings (SSSR count). The number of benzene rings is 2. The quantitative estimate of drug-likeness (QED) is 0.780. The van der Waals surface area contributed by atoms with Gasteiger partial charge in [0.2, 0.25) is 0 Å². The van der Waals surface area contributed by atoms with E-state index in [2.05, 4.69) is 0 Å². The van der Waals surface area contributed by atoms with Crippen molar-refractivity contribution in [3.8, 4) is 22.6 Å². The number of hydrogen-bond acceptors (Lipinski definition) is 3. The van der Waals surface area contributed by atoms with Crippen LogP contribution in [0.25, 0.3) is 11.1 Å². The Morgan fingerprint density at radius 3 is 2.62 bits per heavy atom. The highest BCUT2D eigenvalue weighted by atomic mass is 19.4. The first-order chi connectivity index (χ1) is 11.3. The van der Waals surface area contributed by atoms with Crippen molar-refractivity contribution in [2.24, 2.45) is 0 Å². The van der Waals surface area contributed by atoms with Gasteiger partial charge in [-0.25, -0.2) is 0 Å². The van der Waals surface area contributed by atoms with Gasteiger partial charge >= 0.3 is 6.18 Å². The Balaban J connectivity index is 1.88. The standard InChI is InChI=1S/C18H16F3NO2/c19-18(20,21)9-22-7-6-10-2-1-3-12-15(10)13(22)8-11-4-5-14(23)17(24)16(11)12/h1-5,13,23-24H,6-9H2/t13-/m1/s1. The normalized spacial score (nSPS) is 19.7. The first-order valence-electron chi connectivity index (χ1n) is 7.82. The Morgan fingerprint density at radius 2 is 1.88 bits per heavy atom. The Bertz CT molecular complexity index is 817. The monoisotopic (exact) mass is 335 g/mol. The molecule has 3 nitrogen and oxygen atoms in total. The van der Waals surface area contributed by atoms with Crippen LogP contribution in [0.15, 0.2) is 30.3 Å². The molecule has 1 heterocycles. The summed E-state index contributed by atoms with van der Waals surface area (Å²) < 4.78 is 38.8. The molecule has 0 bridgehead atoms. The zero-order valence-electron chi connectivity index (χ0n) is 12.8. The molecule has 6 heteroatoms. The minimum absolute atomic E-state index is 0.202. The fraction of sp³-hybridized carbons (Fsp3) is 0.333. The molecule has 2 N–H and O–H groups in total. The van der Waals surface area contributed by atoms with E-state index >= 15 is 0 Å².